The molecule has 3 heterocycles. The Kier molecular flexibility index (Phi) is 3.76. The molecule has 0 spiro atoms. The number of benzene rings is 1. The van der Waals surface area contributed by atoms with Crippen molar-refractivity contribution in [2.24, 2.45) is 0 Å². The first kappa shape index (κ1) is 15.4. The Labute approximate surface area is 145 Å². The highest BCUT2D eigenvalue weighted by Crippen LogP contribution is 2.26. The summed E-state index contributed by atoms with van der Waals surface area (Å²) in [6.45, 7) is 4.65. The molecule has 0 bridgehead atoms. The molecule has 0 saturated carbocycles. The van der Waals surface area contributed by atoms with E-state index < -0.39 is 0 Å². The molecule has 0 amide bonds. The van der Waals surface area contributed by atoms with Crippen molar-refractivity contribution in [2.45, 2.75) is 26.8 Å². The van der Waals surface area contributed by atoms with E-state index >= 15 is 0 Å². The van der Waals surface area contributed by atoms with Gasteiger partial charge in [-0.2, -0.15) is 0 Å². The first-order valence-corrected chi connectivity index (χ1v) is 8.48. The molecular formula is C20H19N3O2. The number of aryl methyl sites for hydroxylation is 2. The van der Waals surface area contributed by atoms with E-state index in [4.69, 9.17) is 4.42 Å². The van der Waals surface area contributed by atoms with Crippen LogP contribution >= 0.6 is 0 Å². The summed E-state index contributed by atoms with van der Waals surface area (Å²) in [5, 5.41) is 0. The monoisotopic (exact) mass is 333 g/mol. The van der Waals surface area contributed by atoms with Gasteiger partial charge in [-0.05, 0) is 42.8 Å². The normalized spacial score (nSPS) is 11.3. The number of rotatable bonds is 4. The maximum atomic E-state index is 12.8. The second-order valence-corrected chi connectivity index (χ2v) is 5.87. The minimum absolute atomic E-state index is 0.0680. The third kappa shape index (κ3) is 2.39. The summed E-state index contributed by atoms with van der Waals surface area (Å²) in [5.74, 6) is 0.967. The minimum atomic E-state index is -0.0680. The number of hydrogen-bond donors (Lipinski definition) is 0. The van der Waals surface area contributed by atoms with E-state index in [1.54, 1.807) is 21.6 Å². The van der Waals surface area contributed by atoms with Crippen molar-refractivity contribution < 1.29 is 4.42 Å². The molecule has 0 radical (unpaired) electrons. The molecule has 0 saturated heterocycles. The molecular weight excluding hydrogens is 314 g/mol. The Morgan fingerprint density at radius 3 is 2.60 bits per heavy atom. The zero-order chi connectivity index (χ0) is 17.4. The molecule has 0 atom stereocenters. The summed E-state index contributed by atoms with van der Waals surface area (Å²) in [4.78, 5) is 17.2. The molecule has 0 aliphatic heterocycles. The number of fused-ring (bicyclic) bond motifs is 1. The third-order valence-corrected chi connectivity index (χ3v) is 4.51. The standard InChI is InChI=1S/C20H19N3O2/c1-3-18-16(11-13-25-18)14-7-9-15(10-8-14)23-19-17(6-5-12-21-19)22(4-2)20(23)24/h5-13H,3-4H2,1-2H3. The van der Waals surface area contributed by atoms with E-state index in [1.807, 2.05) is 49.4 Å². The van der Waals surface area contributed by atoms with E-state index in [-0.39, 0.29) is 5.69 Å². The highest BCUT2D eigenvalue weighted by atomic mass is 16.3. The van der Waals surface area contributed by atoms with Crippen LogP contribution in [0, 0.1) is 0 Å². The Morgan fingerprint density at radius 2 is 1.88 bits per heavy atom. The van der Waals surface area contributed by atoms with Gasteiger partial charge in [0.25, 0.3) is 0 Å². The van der Waals surface area contributed by atoms with Crippen LogP contribution in [0.3, 0.4) is 0 Å². The van der Waals surface area contributed by atoms with Gasteiger partial charge in [-0.3, -0.25) is 4.57 Å². The van der Waals surface area contributed by atoms with Gasteiger partial charge in [0.2, 0.25) is 0 Å². The molecule has 0 aliphatic rings. The van der Waals surface area contributed by atoms with Crippen molar-refractivity contribution in [1.29, 1.82) is 0 Å². The van der Waals surface area contributed by atoms with Gasteiger partial charge in [0.05, 0.1) is 17.5 Å². The Balaban J connectivity index is 1.85. The van der Waals surface area contributed by atoms with Crippen molar-refractivity contribution in [3.63, 3.8) is 0 Å². The summed E-state index contributed by atoms with van der Waals surface area (Å²) >= 11 is 0. The highest BCUT2D eigenvalue weighted by Gasteiger charge is 2.15. The van der Waals surface area contributed by atoms with Gasteiger partial charge in [-0.1, -0.05) is 19.1 Å². The van der Waals surface area contributed by atoms with Gasteiger partial charge in [0.15, 0.2) is 5.65 Å². The van der Waals surface area contributed by atoms with Crippen molar-refractivity contribution in [2.75, 3.05) is 0 Å². The number of nitrogens with zero attached hydrogens (tertiary/aromatic N) is 3. The SMILES string of the molecule is CCc1occc1-c1ccc(-n2c(=O)n(CC)c3cccnc32)cc1. The first-order chi connectivity index (χ1) is 12.2. The van der Waals surface area contributed by atoms with Crippen LogP contribution in [0.4, 0.5) is 0 Å². The lowest BCUT2D eigenvalue weighted by Crippen LogP contribution is -2.22. The third-order valence-electron chi connectivity index (χ3n) is 4.51. The average Bonchev–Trinajstić information content (AvgIpc) is 3.23. The summed E-state index contributed by atoms with van der Waals surface area (Å²) in [6.07, 6.45) is 4.27. The van der Waals surface area contributed by atoms with Crippen LogP contribution in [0.15, 0.2) is 64.1 Å². The fraction of sp³-hybridized carbons (Fsp3) is 0.200. The van der Waals surface area contributed by atoms with Crippen LogP contribution in [0.5, 0.6) is 0 Å². The number of furan rings is 1. The zero-order valence-electron chi connectivity index (χ0n) is 14.3. The average molecular weight is 333 g/mol. The van der Waals surface area contributed by atoms with Gasteiger partial charge in [0, 0.05) is 24.7 Å². The number of aromatic nitrogens is 3. The van der Waals surface area contributed by atoms with Gasteiger partial charge >= 0.3 is 5.69 Å². The van der Waals surface area contributed by atoms with E-state index in [0.717, 1.165) is 34.5 Å². The van der Waals surface area contributed by atoms with Crippen LogP contribution < -0.4 is 5.69 Å². The quantitative estimate of drug-likeness (QED) is 0.566. The fourth-order valence-electron chi connectivity index (χ4n) is 3.29. The highest BCUT2D eigenvalue weighted by molar-refractivity contribution is 5.74. The summed E-state index contributed by atoms with van der Waals surface area (Å²) < 4.78 is 8.91. The molecule has 0 aliphatic carbocycles. The second kappa shape index (κ2) is 6.09. The molecule has 0 N–H and O–H groups in total. The van der Waals surface area contributed by atoms with Gasteiger partial charge < -0.3 is 4.42 Å². The number of hydrogen-bond acceptors (Lipinski definition) is 3. The van der Waals surface area contributed by atoms with Gasteiger partial charge in [-0.25, -0.2) is 14.3 Å². The predicted molar refractivity (Wildman–Crippen MR) is 98.1 cm³/mol. The van der Waals surface area contributed by atoms with E-state index in [9.17, 15) is 4.79 Å². The van der Waals surface area contributed by atoms with Crippen LogP contribution in [0.1, 0.15) is 19.6 Å². The lowest BCUT2D eigenvalue weighted by Gasteiger charge is -2.05. The van der Waals surface area contributed by atoms with Crippen LogP contribution in [0.2, 0.25) is 0 Å². The van der Waals surface area contributed by atoms with E-state index in [2.05, 4.69) is 11.9 Å². The molecule has 5 nitrogen and oxygen atoms in total. The fourth-order valence-corrected chi connectivity index (χ4v) is 3.29. The minimum Gasteiger partial charge on any atom is -0.469 e. The topological polar surface area (TPSA) is 53.0 Å². The Bertz CT molecular complexity index is 1080. The maximum Gasteiger partial charge on any atom is 0.334 e. The second-order valence-electron chi connectivity index (χ2n) is 5.87. The first-order valence-electron chi connectivity index (χ1n) is 8.48. The van der Waals surface area contributed by atoms with Crippen LogP contribution in [0.25, 0.3) is 28.0 Å². The number of pyridine rings is 1. The lowest BCUT2D eigenvalue weighted by molar-refractivity contribution is 0.517. The predicted octanol–water partition coefficient (Wildman–Crippen LogP) is 4.03. The lowest BCUT2D eigenvalue weighted by atomic mass is 10.1. The van der Waals surface area contributed by atoms with Crippen LogP contribution in [-0.2, 0) is 13.0 Å². The van der Waals surface area contributed by atoms with Gasteiger partial charge in [0.1, 0.15) is 5.76 Å². The largest absolute Gasteiger partial charge is 0.469 e. The molecule has 0 fully saturated rings. The van der Waals surface area contributed by atoms with Crippen molar-refractivity contribution >= 4 is 11.2 Å². The maximum absolute atomic E-state index is 12.8. The number of imidazole rings is 1. The van der Waals surface area contributed by atoms with E-state index in [1.165, 1.54) is 0 Å². The summed E-state index contributed by atoms with van der Waals surface area (Å²) in [5.41, 5.74) is 4.44. The van der Waals surface area contributed by atoms with Crippen molar-refractivity contribution in [3.05, 3.63) is 71.2 Å². The Morgan fingerprint density at radius 1 is 1.08 bits per heavy atom. The molecule has 0 unspecified atom stereocenters. The zero-order valence-corrected chi connectivity index (χ0v) is 14.3. The summed E-state index contributed by atoms with van der Waals surface area (Å²) in [7, 11) is 0. The molecule has 3 aromatic heterocycles. The smallest absolute Gasteiger partial charge is 0.334 e. The van der Waals surface area contributed by atoms with Gasteiger partial charge in [-0.15, -0.1) is 0 Å². The van der Waals surface area contributed by atoms with Crippen molar-refractivity contribution in [1.82, 2.24) is 14.1 Å². The molecule has 4 rings (SSSR count). The molecule has 1 aromatic carbocycles. The molecule has 5 heteroatoms. The molecule has 4 aromatic rings. The Hall–Kier alpha value is -3.08. The molecule has 25 heavy (non-hydrogen) atoms. The molecule has 126 valence electrons. The van der Waals surface area contributed by atoms with Crippen LogP contribution in [-0.4, -0.2) is 14.1 Å². The summed E-state index contributed by atoms with van der Waals surface area (Å²) in [6, 6.07) is 13.7. The van der Waals surface area contributed by atoms with E-state index in [0.29, 0.717) is 12.2 Å². The van der Waals surface area contributed by atoms with Crippen molar-refractivity contribution in [3.8, 4) is 16.8 Å².